The maximum Gasteiger partial charge on any atom is 0.210 e. The maximum absolute atomic E-state index is 12.5. The zero-order valence-electron chi connectivity index (χ0n) is 9.27. The molecule has 0 saturated carbocycles. The molecule has 0 aromatic heterocycles. The van der Waals surface area contributed by atoms with Crippen LogP contribution in [0.2, 0.25) is 0 Å². The molecule has 17 heavy (non-hydrogen) atoms. The van der Waals surface area contributed by atoms with Gasteiger partial charge in [-0.3, -0.25) is 0 Å². The molecule has 0 bridgehead atoms. The lowest BCUT2D eigenvalue weighted by molar-refractivity contribution is 0.595. The van der Waals surface area contributed by atoms with Gasteiger partial charge in [-0.15, -0.1) is 0 Å². The summed E-state index contributed by atoms with van der Waals surface area (Å²) in [6.45, 7) is 1.81. The summed E-state index contributed by atoms with van der Waals surface area (Å²) in [6.07, 6.45) is 0. The quantitative estimate of drug-likeness (QED) is 0.662. The van der Waals surface area contributed by atoms with E-state index in [1.807, 2.05) is 25.1 Å². The van der Waals surface area contributed by atoms with Crippen molar-refractivity contribution in [2.75, 3.05) is 5.32 Å². The third kappa shape index (κ3) is 1.37. The smallest absolute Gasteiger partial charge is 0.210 e. The number of sulfone groups is 1. The number of anilines is 2. The number of hydrogen-bond acceptors (Lipinski definition) is 3. The van der Waals surface area contributed by atoms with E-state index in [-0.39, 0.29) is 0 Å². The van der Waals surface area contributed by atoms with E-state index in [2.05, 4.69) is 5.32 Å². The first-order valence-corrected chi connectivity index (χ1v) is 6.80. The Morgan fingerprint density at radius 3 is 2.47 bits per heavy atom. The standard InChI is InChI=1S/C13H11NO2S/c1-9-5-4-7-11-13(9)17(15,16)12-8-3-2-6-10(12)14-11/h2-8,14H,1H3. The Hall–Kier alpha value is -1.81. The van der Waals surface area contributed by atoms with Crippen LogP contribution in [0.25, 0.3) is 0 Å². The van der Waals surface area contributed by atoms with Crippen molar-refractivity contribution in [2.45, 2.75) is 16.7 Å². The predicted molar refractivity (Wildman–Crippen MR) is 66.4 cm³/mol. The molecule has 0 saturated heterocycles. The van der Waals surface area contributed by atoms with Crippen molar-refractivity contribution in [1.82, 2.24) is 0 Å². The van der Waals surface area contributed by atoms with Gasteiger partial charge in [0.15, 0.2) is 0 Å². The van der Waals surface area contributed by atoms with Crippen molar-refractivity contribution in [2.24, 2.45) is 0 Å². The van der Waals surface area contributed by atoms with E-state index < -0.39 is 9.84 Å². The molecule has 0 unspecified atom stereocenters. The van der Waals surface area contributed by atoms with Gasteiger partial charge >= 0.3 is 0 Å². The fourth-order valence-corrected chi connectivity index (χ4v) is 3.95. The van der Waals surface area contributed by atoms with Crippen LogP contribution in [0, 0.1) is 6.92 Å². The van der Waals surface area contributed by atoms with Gasteiger partial charge in [-0.25, -0.2) is 8.42 Å². The molecule has 1 aliphatic rings. The molecule has 0 amide bonds. The van der Waals surface area contributed by atoms with Crippen molar-refractivity contribution in [1.29, 1.82) is 0 Å². The molecule has 2 aromatic carbocycles. The first kappa shape index (κ1) is 10.4. The third-order valence-corrected chi connectivity index (χ3v) is 4.94. The van der Waals surface area contributed by atoms with Crippen molar-refractivity contribution >= 4 is 21.2 Å². The van der Waals surface area contributed by atoms with Crippen LogP contribution in [0.3, 0.4) is 0 Å². The lowest BCUT2D eigenvalue weighted by Crippen LogP contribution is -2.14. The van der Waals surface area contributed by atoms with Crippen LogP contribution in [-0.4, -0.2) is 8.42 Å². The molecule has 2 aromatic rings. The van der Waals surface area contributed by atoms with Gasteiger partial charge in [0.05, 0.1) is 21.2 Å². The van der Waals surface area contributed by atoms with E-state index in [1.54, 1.807) is 24.3 Å². The minimum Gasteiger partial charge on any atom is -0.353 e. The molecule has 4 heteroatoms. The van der Waals surface area contributed by atoms with E-state index >= 15 is 0 Å². The molecule has 0 fully saturated rings. The second-order valence-corrected chi connectivity index (χ2v) is 5.93. The van der Waals surface area contributed by atoms with Crippen LogP contribution >= 0.6 is 0 Å². The van der Waals surface area contributed by atoms with Gasteiger partial charge in [0.2, 0.25) is 9.84 Å². The number of benzene rings is 2. The molecule has 0 spiro atoms. The molecule has 3 nitrogen and oxygen atoms in total. The van der Waals surface area contributed by atoms with E-state index in [0.717, 1.165) is 5.56 Å². The van der Waals surface area contributed by atoms with Crippen LogP contribution in [0.5, 0.6) is 0 Å². The molecule has 3 rings (SSSR count). The Bertz CT molecular complexity index is 705. The highest BCUT2D eigenvalue weighted by Crippen LogP contribution is 2.40. The van der Waals surface area contributed by atoms with Crippen molar-refractivity contribution in [3.63, 3.8) is 0 Å². The second-order valence-electron chi connectivity index (χ2n) is 4.08. The average molecular weight is 245 g/mol. The maximum atomic E-state index is 12.5. The number of aryl methyl sites for hydroxylation is 1. The molecule has 86 valence electrons. The van der Waals surface area contributed by atoms with Gasteiger partial charge in [-0.2, -0.15) is 0 Å². The summed E-state index contributed by atoms with van der Waals surface area (Å²) >= 11 is 0. The highest BCUT2D eigenvalue weighted by atomic mass is 32.2. The van der Waals surface area contributed by atoms with Crippen molar-refractivity contribution in [3.05, 3.63) is 48.0 Å². The summed E-state index contributed by atoms with van der Waals surface area (Å²) < 4.78 is 25.0. The summed E-state index contributed by atoms with van der Waals surface area (Å²) in [7, 11) is -3.39. The van der Waals surface area contributed by atoms with E-state index in [4.69, 9.17) is 0 Å². The van der Waals surface area contributed by atoms with Gasteiger partial charge in [0, 0.05) is 0 Å². The first-order valence-electron chi connectivity index (χ1n) is 5.31. The zero-order chi connectivity index (χ0) is 12.0. The van der Waals surface area contributed by atoms with E-state index in [9.17, 15) is 8.42 Å². The molecule has 0 atom stereocenters. The van der Waals surface area contributed by atoms with E-state index in [0.29, 0.717) is 21.2 Å². The van der Waals surface area contributed by atoms with Crippen LogP contribution in [0.1, 0.15) is 5.56 Å². The summed E-state index contributed by atoms with van der Waals surface area (Å²) in [5, 5.41) is 3.16. The largest absolute Gasteiger partial charge is 0.353 e. The Balaban J connectivity index is 2.40. The molecule has 1 N–H and O–H groups in total. The Labute approximate surface area is 100 Å². The lowest BCUT2D eigenvalue weighted by atomic mass is 10.2. The fraction of sp³-hybridized carbons (Fsp3) is 0.0769. The summed E-state index contributed by atoms with van der Waals surface area (Å²) in [5.74, 6) is 0. The van der Waals surface area contributed by atoms with Crippen LogP contribution in [0.4, 0.5) is 11.4 Å². The Kier molecular flexibility index (Phi) is 2.03. The molecule has 1 aliphatic heterocycles. The van der Waals surface area contributed by atoms with Gasteiger partial charge in [-0.1, -0.05) is 24.3 Å². The predicted octanol–water partition coefficient (Wildman–Crippen LogP) is 2.88. The number of para-hydroxylation sites is 1. The summed E-state index contributed by atoms with van der Waals surface area (Å²) in [4.78, 5) is 0.737. The Morgan fingerprint density at radius 2 is 1.65 bits per heavy atom. The highest BCUT2D eigenvalue weighted by molar-refractivity contribution is 7.92. The fourth-order valence-electron chi connectivity index (χ4n) is 2.17. The third-order valence-electron chi connectivity index (χ3n) is 2.93. The monoisotopic (exact) mass is 245 g/mol. The number of hydrogen-bond donors (Lipinski definition) is 1. The molecule has 1 heterocycles. The van der Waals surface area contributed by atoms with Gasteiger partial charge in [0.25, 0.3) is 0 Å². The van der Waals surface area contributed by atoms with Crippen molar-refractivity contribution in [3.8, 4) is 0 Å². The van der Waals surface area contributed by atoms with Crippen LogP contribution in [0.15, 0.2) is 52.3 Å². The number of fused-ring (bicyclic) bond motifs is 2. The SMILES string of the molecule is Cc1cccc2c1S(=O)(=O)c1ccccc1N2. The van der Waals surface area contributed by atoms with Crippen LogP contribution in [-0.2, 0) is 9.84 Å². The molecule has 0 radical (unpaired) electrons. The average Bonchev–Trinajstić information content (AvgIpc) is 2.28. The Morgan fingerprint density at radius 1 is 0.941 bits per heavy atom. The van der Waals surface area contributed by atoms with Crippen molar-refractivity contribution < 1.29 is 8.42 Å². The summed E-state index contributed by atoms with van der Waals surface area (Å²) in [5.41, 5.74) is 2.07. The van der Waals surface area contributed by atoms with Gasteiger partial charge < -0.3 is 5.32 Å². The highest BCUT2D eigenvalue weighted by Gasteiger charge is 2.30. The minimum atomic E-state index is -3.39. The lowest BCUT2D eigenvalue weighted by Gasteiger charge is -2.22. The minimum absolute atomic E-state index is 0.349. The van der Waals surface area contributed by atoms with Gasteiger partial charge in [-0.05, 0) is 30.7 Å². The number of nitrogens with one attached hydrogen (secondary N) is 1. The second kappa shape index (κ2) is 3.34. The zero-order valence-corrected chi connectivity index (χ0v) is 10.1. The van der Waals surface area contributed by atoms with Gasteiger partial charge in [0.1, 0.15) is 0 Å². The molecular formula is C13H11NO2S. The topological polar surface area (TPSA) is 46.2 Å². The molecule has 0 aliphatic carbocycles. The van der Waals surface area contributed by atoms with E-state index in [1.165, 1.54) is 0 Å². The summed E-state index contributed by atoms with van der Waals surface area (Å²) in [6, 6.07) is 12.4. The van der Waals surface area contributed by atoms with Crippen LogP contribution < -0.4 is 5.32 Å². The normalized spacial score (nSPS) is 15.6. The molecular weight excluding hydrogens is 234 g/mol. The number of rotatable bonds is 0. The first-order chi connectivity index (χ1) is 8.10.